The van der Waals surface area contributed by atoms with E-state index in [0.717, 1.165) is 17.0 Å². The fourth-order valence-corrected chi connectivity index (χ4v) is 2.73. The standard InChI is InChI=1S/C21H20N2O5/c1-13-14(2)28-19(22-13)15-8-10-16(11-9-15)23-12-6-5-7-17(20(24)26-3)18(23)21(25)27-4/h5-12H,1-4H3. The van der Waals surface area contributed by atoms with Crippen molar-refractivity contribution in [3.63, 3.8) is 0 Å². The lowest BCUT2D eigenvalue weighted by atomic mass is 10.1. The van der Waals surface area contributed by atoms with E-state index in [1.807, 2.05) is 26.0 Å². The summed E-state index contributed by atoms with van der Waals surface area (Å²) in [4.78, 5) is 30.6. The Morgan fingerprint density at radius 2 is 1.68 bits per heavy atom. The maximum atomic E-state index is 12.4. The number of hydrogen-bond acceptors (Lipinski definition) is 7. The Kier molecular flexibility index (Phi) is 5.44. The Hall–Kier alpha value is -3.61. The molecule has 7 nitrogen and oxygen atoms in total. The molecular weight excluding hydrogens is 360 g/mol. The Bertz CT molecular complexity index is 977. The molecule has 2 heterocycles. The number of aryl methyl sites for hydroxylation is 2. The number of carbonyl (C=O) groups excluding carboxylic acids is 2. The lowest BCUT2D eigenvalue weighted by Crippen LogP contribution is -2.26. The van der Waals surface area contributed by atoms with Crippen LogP contribution in [0.1, 0.15) is 11.5 Å². The molecule has 0 radical (unpaired) electrons. The number of allylic oxidation sites excluding steroid dienone is 2. The largest absolute Gasteiger partial charge is 0.465 e. The monoisotopic (exact) mass is 380 g/mol. The Labute approximate surface area is 162 Å². The van der Waals surface area contributed by atoms with E-state index in [0.29, 0.717) is 11.6 Å². The van der Waals surface area contributed by atoms with E-state index in [9.17, 15) is 9.59 Å². The van der Waals surface area contributed by atoms with Crippen molar-refractivity contribution >= 4 is 17.6 Å². The zero-order chi connectivity index (χ0) is 20.3. The molecule has 0 bridgehead atoms. The van der Waals surface area contributed by atoms with Crippen molar-refractivity contribution in [3.8, 4) is 11.5 Å². The van der Waals surface area contributed by atoms with Crippen molar-refractivity contribution in [1.82, 2.24) is 4.98 Å². The fourth-order valence-electron chi connectivity index (χ4n) is 2.73. The van der Waals surface area contributed by atoms with Crippen LogP contribution in [0.3, 0.4) is 0 Å². The zero-order valence-electron chi connectivity index (χ0n) is 16.1. The van der Waals surface area contributed by atoms with Crippen molar-refractivity contribution < 1.29 is 23.5 Å². The summed E-state index contributed by atoms with van der Waals surface area (Å²) in [6.45, 7) is 3.74. The van der Waals surface area contributed by atoms with Crippen LogP contribution >= 0.6 is 0 Å². The first kappa shape index (κ1) is 19.2. The number of methoxy groups -OCH3 is 2. The molecule has 0 saturated carbocycles. The molecule has 0 fully saturated rings. The van der Waals surface area contributed by atoms with E-state index in [1.165, 1.54) is 20.3 Å². The van der Waals surface area contributed by atoms with E-state index in [-0.39, 0.29) is 11.3 Å². The van der Waals surface area contributed by atoms with Crippen molar-refractivity contribution in [3.05, 3.63) is 71.4 Å². The normalized spacial score (nSPS) is 13.5. The second kappa shape index (κ2) is 7.96. The highest BCUT2D eigenvalue weighted by atomic mass is 16.5. The molecule has 0 aliphatic carbocycles. The van der Waals surface area contributed by atoms with Gasteiger partial charge in [-0.1, -0.05) is 6.08 Å². The molecule has 2 aromatic rings. The summed E-state index contributed by atoms with van der Waals surface area (Å²) < 4.78 is 15.4. The van der Waals surface area contributed by atoms with Gasteiger partial charge in [-0.05, 0) is 50.3 Å². The second-order valence-corrected chi connectivity index (χ2v) is 6.02. The third-order valence-corrected chi connectivity index (χ3v) is 4.31. The molecule has 1 aliphatic heterocycles. The van der Waals surface area contributed by atoms with Crippen LogP contribution in [-0.4, -0.2) is 31.1 Å². The number of nitrogens with zero attached hydrogens (tertiary/aromatic N) is 2. The minimum atomic E-state index is -0.653. The van der Waals surface area contributed by atoms with Crippen LogP contribution in [0.25, 0.3) is 11.5 Å². The first-order chi connectivity index (χ1) is 13.5. The molecule has 7 heteroatoms. The lowest BCUT2D eigenvalue weighted by Gasteiger charge is -2.23. The molecule has 0 atom stereocenters. The summed E-state index contributed by atoms with van der Waals surface area (Å²) in [5, 5.41) is 0. The maximum Gasteiger partial charge on any atom is 0.355 e. The second-order valence-electron chi connectivity index (χ2n) is 6.02. The zero-order valence-corrected chi connectivity index (χ0v) is 16.1. The first-order valence-corrected chi connectivity index (χ1v) is 8.55. The molecular formula is C21H20N2O5. The third-order valence-electron chi connectivity index (χ3n) is 4.31. The van der Waals surface area contributed by atoms with Gasteiger partial charge in [0.2, 0.25) is 5.89 Å². The Morgan fingerprint density at radius 1 is 1.00 bits per heavy atom. The molecule has 1 aliphatic rings. The third kappa shape index (κ3) is 3.59. The van der Waals surface area contributed by atoms with E-state index < -0.39 is 11.9 Å². The maximum absolute atomic E-state index is 12.4. The number of rotatable bonds is 4. The van der Waals surface area contributed by atoms with Gasteiger partial charge in [0.25, 0.3) is 0 Å². The van der Waals surface area contributed by atoms with Gasteiger partial charge < -0.3 is 18.8 Å². The molecule has 0 unspecified atom stereocenters. The van der Waals surface area contributed by atoms with Crippen molar-refractivity contribution in [2.24, 2.45) is 0 Å². The number of carbonyl (C=O) groups is 2. The molecule has 0 amide bonds. The van der Waals surface area contributed by atoms with Gasteiger partial charge in [-0.2, -0.15) is 0 Å². The first-order valence-electron chi connectivity index (χ1n) is 8.55. The van der Waals surface area contributed by atoms with Crippen LogP contribution in [0, 0.1) is 13.8 Å². The average molecular weight is 380 g/mol. The highest BCUT2D eigenvalue weighted by molar-refractivity contribution is 6.05. The van der Waals surface area contributed by atoms with Gasteiger partial charge in [0.1, 0.15) is 11.5 Å². The van der Waals surface area contributed by atoms with Crippen molar-refractivity contribution in [2.45, 2.75) is 13.8 Å². The minimum Gasteiger partial charge on any atom is -0.465 e. The van der Waals surface area contributed by atoms with Crippen molar-refractivity contribution in [1.29, 1.82) is 0 Å². The highest BCUT2D eigenvalue weighted by Crippen LogP contribution is 2.29. The molecule has 28 heavy (non-hydrogen) atoms. The molecule has 0 spiro atoms. The van der Waals surface area contributed by atoms with E-state index >= 15 is 0 Å². The molecule has 0 saturated heterocycles. The summed E-state index contributed by atoms with van der Waals surface area (Å²) >= 11 is 0. The van der Waals surface area contributed by atoms with E-state index in [2.05, 4.69) is 4.98 Å². The number of anilines is 1. The summed E-state index contributed by atoms with van der Waals surface area (Å²) in [6, 6.07) is 7.27. The summed E-state index contributed by atoms with van der Waals surface area (Å²) in [6.07, 6.45) is 6.56. The van der Waals surface area contributed by atoms with Crippen LogP contribution in [0.5, 0.6) is 0 Å². The van der Waals surface area contributed by atoms with Gasteiger partial charge in [-0.3, -0.25) is 0 Å². The van der Waals surface area contributed by atoms with Crippen LogP contribution < -0.4 is 4.90 Å². The minimum absolute atomic E-state index is 0.0647. The van der Waals surface area contributed by atoms with E-state index in [1.54, 1.807) is 35.4 Å². The Morgan fingerprint density at radius 3 is 2.25 bits per heavy atom. The summed E-state index contributed by atoms with van der Waals surface area (Å²) in [7, 11) is 2.52. The van der Waals surface area contributed by atoms with Gasteiger partial charge >= 0.3 is 11.9 Å². The Balaban J connectivity index is 2.04. The molecule has 0 N–H and O–H groups in total. The van der Waals surface area contributed by atoms with Gasteiger partial charge in [-0.15, -0.1) is 0 Å². The molecule has 1 aromatic heterocycles. The predicted octanol–water partition coefficient (Wildman–Crippen LogP) is 3.45. The fraction of sp³-hybridized carbons (Fsp3) is 0.190. The van der Waals surface area contributed by atoms with Gasteiger partial charge in [0.15, 0.2) is 0 Å². The number of esters is 2. The average Bonchev–Trinajstić information content (AvgIpc) is 2.92. The number of benzene rings is 1. The highest BCUT2D eigenvalue weighted by Gasteiger charge is 2.27. The smallest absolute Gasteiger partial charge is 0.355 e. The lowest BCUT2D eigenvalue weighted by molar-refractivity contribution is -0.139. The predicted molar refractivity (Wildman–Crippen MR) is 103 cm³/mol. The van der Waals surface area contributed by atoms with Crippen molar-refractivity contribution in [2.75, 3.05) is 19.1 Å². The van der Waals surface area contributed by atoms with Gasteiger partial charge in [0.05, 0.1) is 25.5 Å². The molecule has 3 rings (SSSR count). The van der Waals surface area contributed by atoms with E-state index in [4.69, 9.17) is 13.9 Å². The number of ether oxygens (including phenoxy) is 2. The van der Waals surface area contributed by atoms with Gasteiger partial charge in [-0.25, -0.2) is 14.6 Å². The number of aromatic nitrogens is 1. The summed E-state index contributed by atoms with van der Waals surface area (Å²) in [5.41, 5.74) is 2.45. The number of oxazole rings is 1. The summed E-state index contributed by atoms with van der Waals surface area (Å²) in [5.74, 6) is 0.000162. The van der Waals surface area contributed by atoms with Crippen LogP contribution in [0.4, 0.5) is 5.69 Å². The quantitative estimate of drug-likeness (QED) is 0.752. The SMILES string of the molecule is COC(=O)C1=C(C(=O)OC)N(c2ccc(-c3nc(C)c(C)o3)cc2)C=CC=C1. The van der Waals surface area contributed by atoms with Crippen LogP contribution in [0.2, 0.25) is 0 Å². The van der Waals surface area contributed by atoms with Crippen LogP contribution in [0.15, 0.2) is 64.4 Å². The van der Waals surface area contributed by atoms with Crippen LogP contribution in [-0.2, 0) is 19.1 Å². The molecule has 1 aromatic carbocycles. The molecule has 144 valence electrons. The number of hydrogen-bond donors (Lipinski definition) is 0. The van der Waals surface area contributed by atoms with Gasteiger partial charge in [0, 0.05) is 17.5 Å². The topological polar surface area (TPSA) is 81.9 Å².